The van der Waals surface area contributed by atoms with Crippen molar-refractivity contribution in [3.63, 3.8) is 0 Å². The van der Waals surface area contributed by atoms with Crippen molar-refractivity contribution in [1.29, 1.82) is 0 Å². The number of hydrogen-bond donors (Lipinski definition) is 1. The lowest BCUT2D eigenvalue weighted by Crippen LogP contribution is -2.47. The van der Waals surface area contributed by atoms with Crippen LogP contribution in [0.1, 0.15) is 23.4 Å². The number of hydrogen-bond acceptors (Lipinski definition) is 7. The van der Waals surface area contributed by atoms with Gasteiger partial charge >= 0.3 is 0 Å². The van der Waals surface area contributed by atoms with Gasteiger partial charge in [0.2, 0.25) is 5.89 Å². The van der Waals surface area contributed by atoms with E-state index in [-0.39, 0.29) is 0 Å². The van der Waals surface area contributed by atoms with E-state index in [1.165, 1.54) is 0 Å². The van der Waals surface area contributed by atoms with Crippen LogP contribution < -0.4 is 4.74 Å². The van der Waals surface area contributed by atoms with E-state index in [0.717, 1.165) is 43.3 Å². The molecule has 3 rings (SSSR count). The molecule has 2 aromatic rings. The first kappa shape index (κ1) is 16.9. The Bertz CT molecular complexity index is 653. The summed E-state index contributed by atoms with van der Waals surface area (Å²) in [6.45, 7) is 6.83. The average Bonchev–Trinajstić information content (AvgIpc) is 3.01. The van der Waals surface area contributed by atoms with Gasteiger partial charge < -0.3 is 14.4 Å². The minimum Gasteiger partial charge on any atom is -0.497 e. The van der Waals surface area contributed by atoms with Crippen LogP contribution in [0.15, 0.2) is 28.8 Å². The Morgan fingerprint density at radius 1 is 1.25 bits per heavy atom. The van der Waals surface area contributed by atoms with Crippen molar-refractivity contribution in [2.24, 2.45) is 0 Å². The van der Waals surface area contributed by atoms with Crippen molar-refractivity contribution < 1.29 is 14.4 Å². The molecule has 24 heavy (non-hydrogen) atoms. The lowest BCUT2D eigenvalue weighted by atomic mass is 10.1. The number of benzene rings is 1. The molecule has 2 heterocycles. The Balaban J connectivity index is 1.47. The zero-order chi connectivity index (χ0) is 16.9. The molecular formula is C17H24N4O3. The Labute approximate surface area is 141 Å². The van der Waals surface area contributed by atoms with Gasteiger partial charge in [0.1, 0.15) is 5.75 Å². The number of aryl methyl sites for hydroxylation is 1. The first-order chi connectivity index (χ1) is 11.6. The van der Waals surface area contributed by atoms with Gasteiger partial charge in [0, 0.05) is 39.6 Å². The molecule has 1 unspecified atom stereocenters. The zero-order valence-corrected chi connectivity index (χ0v) is 14.2. The second kappa shape index (κ2) is 7.74. The number of aromatic nitrogens is 2. The second-order valence-electron chi connectivity index (χ2n) is 6.10. The summed E-state index contributed by atoms with van der Waals surface area (Å²) in [4.78, 5) is 8.83. The quantitative estimate of drug-likeness (QED) is 0.853. The van der Waals surface area contributed by atoms with Gasteiger partial charge in [0.15, 0.2) is 5.82 Å². The van der Waals surface area contributed by atoms with E-state index in [1.54, 1.807) is 14.0 Å². The molecule has 0 saturated carbocycles. The molecule has 0 spiro atoms. The lowest BCUT2D eigenvalue weighted by Gasteiger charge is -2.35. The van der Waals surface area contributed by atoms with Crippen LogP contribution in [0.25, 0.3) is 0 Å². The van der Waals surface area contributed by atoms with Gasteiger partial charge in [-0.25, -0.2) is 0 Å². The number of rotatable bonds is 6. The van der Waals surface area contributed by atoms with Gasteiger partial charge in [0.25, 0.3) is 0 Å². The summed E-state index contributed by atoms with van der Waals surface area (Å²) >= 11 is 0. The van der Waals surface area contributed by atoms with Crippen molar-refractivity contribution >= 4 is 0 Å². The molecule has 130 valence electrons. The van der Waals surface area contributed by atoms with Gasteiger partial charge in [-0.3, -0.25) is 9.80 Å². The van der Waals surface area contributed by atoms with Crippen LogP contribution in [0.3, 0.4) is 0 Å². The monoisotopic (exact) mass is 332 g/mol. The smallest absolute Gasteiger partial charge is 0.223 e. The van der Waals surface area contributed by atoms with Gasteiger partial charge in [-0.1, -0.05) is 17.3 Å². The van der Waals surface area contributed by atoms with Gasteiger partial charge in [-0.2, -0.15) is 4.98 Å². The molecule has 0 amide bonds. The van der Waals surface area contributed by atoms with Gasteiger partial charge in [-0.05, 0) is 17.7 Å². The normalized spacial score (nSPS) is 17.8. The van der Waals surface area contributed by atoms with E-state index in [9.17, 15) is 5.11 Å². The molecular weight excluding hydrogens is 308 g/mol. The van der Waals surface area contributed by atoms with Crippen molar-refractivity contribution in [3.05, 3.63) is 41.5 Å². The fourth-order valence-corrected chi connectivity index (χ4v) is 2.93. The summed E-state index contributed by atoms with van der Waals surface area (Å²) in [7, 11) is 1.63. The molecule has 0 radical (unpaired) electrons. The molecule has 1 aromatic heterocycles. The maximum atomic E-state index is 10.5. The number of methoxy groups -OCH3 is 1. The minimum atomic E-state index is -0.508. The largest absolute Gasteiger partial charge is 0.497 e. The first-order valence-corrected chi connectivity index (χ1v) is 8.20. The highest BCUT2D eigenvalue weighted by Gasteiger charge is 2.21. The highest BCUT2D eigenvalue weighted by Crippen LogP contribution is 2.20. The van der Waals surface area contributed by atoms with Crippen molar-refractivity contribution in [2.45, 2.75) is 19.6 Å². The third-order valence-electron chi connectivity index (χ3n) is 4.31. The summed E-state index contributed by atoms with van der Waals surface area (Å²) in [6, 6.07) is 7.61. The molecule has 0 bridgehead atoms. The van der Waals surface area contributed by atoms with Crippen LogP contribution in [-0.2, 0) is 6.54 Å². The third-order valence-corrected chi connectivity index (χ3v) is 4.31. The molecule has 1 aliphatic heterocycles. The molecule has 7 heteroatoms. The topological polar surface area (TPSA) is 74.9 Å². The Morgan fingerprint density at radius 2 is 2.00 bits per heavy atom. The Morgan fingerprint density at radius 3 is 2.67 bits per heavy atom. The maximum Gasteiger partial charge on any atom is 0.223 e. The number of nitrogens with zero attached hydrogens (tertiary/aromatic N) is 4. The summed E-state index contributed by atoms with van der Waals surface area (Å²) in [6.07, 6.45) is -0.508. The maximum absolute atomic E-state index is 10.5. The second-order valence-corrected chi connectivity index (χ2v) is 6.10. The van der Waals surface area contributed by atoms with Crippen molar-refractivity contribution in [1.82, 2.24) is 19.9 Å². The van der Waals surface area contributed by atoms with Crippen molar-refractivity contribution in [3.8, 4) is 5.75 Å². The number of β-amino-alcohol motifs (C(OH)–C–C–N with tert-alkyl or cyclic N) is 1. The number of piperazine rings is 1. The zero-order valence-electron chi connectivity index (χ0n) is 14.2. The Kier molecular flexibility index (Phi) is 5.44. The number of aliphatic hydroxyl groups excluding tert-OH is 1. The van der Waals surface area contributed by atoms with E-state index in [0.29, 0.717) is 19.0 Å². The van der Waals surface area contributed by atoms with Crippen LogP contribution in [0.5, 0.6) is 5.75 Å². The van der Waals surface area contributed by atoms with E-state index in [4.69, 9.17) is 9.26 Å². The summed E-state index contributed by atoms with van der Waals surface area (Å²) in [5, 5.41) is 14.4. The molecule has 7 nitrogen and oxygen atoms in total. The minimum absolute atomic E-state index is 0.508. The van der Waals surface area contributed by atoms with E-state index >= 15 is 0 Å². The van der Waals surface area contributed by atoms with E-state index in [1.807, 2.05) is 24.3 Å². The summed E-state index contributed by atoms with van der Waals surface area (Å²) < 4.78 is 10.2. The SMILES string of the molecule is COc1cccc(C(O)CN2CCN(Cc3noc(C)n3)CC2)c1. The third kappa shape index (κ3) is 4.31. The van der Waals surface area contributed by atoms with Crippen LogP contribution in [-0.4, -0.2) is 64.9 Å². The fraction of sp³-hybridized carbons (Fsp3) is 0.529. The molecule has 1 fully saturated rings. The van der Waals surface area contributed by atoms with E-state index in [2.05, 4.69) is 19.9 Å². The van der Waals surface area contributed by atoms with Gasteiger partial charge in [0.05, 0.1) is 19.8 Å². The van der Waals surface area contributed by atoms with E-state index < -0.39 is 6.10 Å². The van der Waals surface area contributed by atoms with Gasteiger partial charge in [-0.15, -0.1) is 0 Å². The lowest BCUT2D eigenvalue weighted by molar-refractivity contribution is 0.0689. The summed E-state index contributed by atoms with van der Waals surface area (Å²) in [5.41, 5.74) is 0.888. The highest BCUT2D eigenvalue weighted by molar-refractivity contribution is 5.29. The molecule has 1 N–H and O–H groups in total. The predicted molar refractivity (Wildman–Crippen MR) is 88.7 cm³/mol. The molecule has 1 saturated heterocycles. The number of aliphatic hydroxyl groups is 1. The van der Waals surface area contributed by atoms with Crippen LogP contribution in [0.4, 0.5) is 0 Å². The predicted octanol–water partition coefficient (Wildman–Crippen LogP) is 1.24. The summed E-state index contributed by atoms with van der Waals surface area (Å²) in [5.74, 6) is 2.11. The standard InChI is InChI=1S/C17H24N4O3/c1-13-18-17(19-24-13)12-21-8-6-20(7-9-21)11-16(22)14-4-3-5-15(10-14)23-2/h3-5,10,16,22H,6-9,11-12H2,1-2H3. The van der Waals surface area contributed by atoms with Crippen LogP contribution in [0.2, 0.25) is 0 Å². The first-order valence-electron chi connectivity index (χ1n) is 8.20. The molecule has 0 aliphatic carbocycles. The average molecular weight is 332 g/mol. The molecule has 1 atom stereocenters. The van der Waals surface area contributed by atoms with Crippen LogP contribution >= 0.6 is 0 Å². The molecule has 1 aromatic carbocycles. The number of ether oxygens (including phenoxy) is 1. The Hall–Kier alpha value is -1.96. The van der Waals surface area contributed by atoms with Crippen molar-refractivity contribution in [2.75, 3.05) is 39.8 Å². The van der Waals surface area contributed by atoms with Crippen LogP contribution in [0, 0.1) is 6.92 Å². The molecule has 1 aliphatic rings. The fourth-order valence-electron chi connectivity index (χ4n) is 2.93. The highest BCUT2D eigenvalue weighted by atomic mass is 16.5.